The van der Waals surface area contributed by atoms with Gasteiger partial charge in [-0.1, -0.05) is 30.3 Å². The van der Waals surface area contributed by atoms with E-state index < -0.39 is 0 Å². The van der Waals surface area contributed by atoms with Crippen LogP contribution in [-0.2, 0) is 11.2 Å². The molecule has 1 aliphatic carbocycles. The molecule has 4 heteroatoms. The standard InChI is InChI=1S/C23H17N3O/c24-14-20-21(17-7-5-11-25-15-17)19-10-9-16-6-1-2-8-18(16)22(19)27-23(20)26-12-3-4-13-26/h1-8,11-13,15,21H,9-10H2. The molecule has 0 fully saturated rings. The highest BCUT2D eigenvalue weighted by Crippen LogP contribution is 2.48. The Morgan fingerprint density at radius 1 is 1.04 bits per heavy atom. The molecule has 1 unspecified atom stereocenters. The Morgan fingerprint density at radius 3 is 2.67 bits per heavy atom. The summed E-state index contributed by atoms with van der Waals surface area (Å²) in [6, 6.07) is 18.6. The van der Waals surface area contributed by atoms with Gasteiger partial charge in [0.05, 0.1) is 5.92 Å². The van der Waals surface area contributed by atoms with Gasteiger partial charge in [0.15, 0.2) is 0 Å². The van der Waals surface area contributed by atoms with E-state index >= 15 is 0 Å². The predicted molar refractivity (Wildman–Crippen MR) is 103 cm³/mol. The lowest BCUT2D eigenvalue weighted by Gasteiger charge is -2.34. The van der Waals surface area contributed by atoms with Gasteiger partial charge in [0.2, 0.25) is 5.88 Å². The molecule has 1 atom stereocenters. The summed E-state index contributed by atoms with van der Waals surface area (Å²) in [6.45, 7) is 0. The number of fused-ring (bicyclic) bond motifs is 2. The van der Waals surface area contributed by atoms with E-state index in [1.807, 2.05) is 53.5 Å². The van der Waals surface area contributed by atoms with E-state index in [9.17, 15) is 5.26 Å². The van der Waals surface area contributed by atoms with Crippen LogP contribution in [0.15, 0.2) is 84.5 Å². The topological polar surface area (TPSA) is 50.8 Å². The van der Waals surface area contributed by atoms with Crippen LogP contribution in [0.1, 0.15) is 29.0 Å². The molecule has 2 aromatic heterocycles. The van der Waals surface area contributed by atoms with Crippen molar-refractivity contribution >= 4 is 11.6 Å². The van der Waals surface area contributed by atoms with E-state index in [-0.39, 0.29) is 5.92 Å². The first-order valence-corrected chi connectivity index (χ1v) is 9.03. The minimum Gasteiger partial charge on any atom is -0.439 e. The van der Waals surface area contributed by atoms with Gasteiger partial charge in [-0.2, -0.15) is 5.26 Å². The predicted octanol–water partition coefficient (Wildman–Crippen LogP) is 4.75. The van der Waals surface area contributed by atoms with Crippen molar-refractivity contribution in [3.8, 4) is 6.07 Å². The molecule has 1 aliphatic heterocycles. The Bertz CT molecular complexity index is 1100. The molecule has 130 valence electrons. The third-order valence-electron chi connectivity index (χ3n) is 5.26. The van der Waals surface area contributed by atoms with Gasteiger partial charge in [-0.25, -0.2) is 0 Å². The average molecular weight is 351 g/mol. The van der Waals surface area contributed by atoms with Crippen LogP contribution in [0.2, 0.25) is 0 Å². The zero-order valence-electron chi connectivity index (χ0n) is 14.7. The number of benzene rings is 1. The Balaban J connectivity index is 1.77. The number of ether oxygens (including phenoxy) is 1. The number of allylic oxidation sites excluding steroid dienone is 2. The third-order valence-corrected chi connectivity index (χ3v) is 5.26. The second kappa shape index (κ2) is 6.30. The highest BCUT2D eigenvalue weighted by atomic mass is 16.5. The Labute approximate surface area is 157 Å². The van der Waals surface area contributed by atoms with Crippen molar-refractivity contribution in [1.29, 1.82) is 5.26 Å². The molecule has 1 aromatic carbocycles. The van der Waals surface area contributed by atoms with Crippen LogP contribution < -0.4 is 0 Å². The fraction of sp³-hybridized carbons (Fsp3) is 0.130. The molecule has 2 aliphatic rings. The SMILES string of the molecule is N#CC1=C(n2cccc2)OC2=C(CCc3ccccc32)C1c1cccnc1. The number of rotatable bonds is 2. The summed E-state index contributed by atoms with van der Waals surface area (Å²) in [6.07, 6.45) is 9.26. The third kappa shape index (κ3) is 2.48. The summed E-state index contributed by atoms with van der Waals surface area (Å²) < 4.78 is 8.27. The monoisotopic (exact) mass is 351 g/mol. The molecular weight excluding hydrogens is 334 g/mol. The summed E-state index contributed by atoms with van der Waals surface area (Å²) in [5.74, 6) is 1.32. The van der Waals surface area contributed by atoms with Gasteiger partial charge in [0.25, 0.3) is 0 Å². The van der Waals surface area contributed by atoms with Gasteiger partial charge in [0.1, 0.15) is 17.4 Å². The van der Waals surface area contributed by atoms with Crippen LogP contribution >= 0.6 is 0 Å². The lowest BCUT2D eigenvalue weighted by atomic mass is 9.77. The molecule has 3 heterocycles. The summed E-state index contributed by atoms with van der Waals surface area (Å²) >= 11 is 0. The molecule has 0 bridgehead atoms. The highest BCUT2D eigenvalue weighted by molar-refractivity contribution is 5.78. The van der Waals surface area contributed by atoms with Gasteiger partial charge >= 0.3 is 0 Å². The Morgan fingerprint density at radius 2 is 1.89 bits per heavy atom. The van der Waals surface area contributed by atoms with Gasteiger partial charge in [-0.3, -0.25) is 9.55 Å². The van der Waals surface area contributed by atoms with E-state index in [1.165, 1.54) is 5.56 Å². The zero-order chi connectivity index (χ0) is 18.2. The first kappa shape index (κ1) is 15.7. The number of aromatic nitrogens is 2. The molecule has 4 nitrogen and oxygen atoms in total. The average Bonchev–Trinajstić information content (AvgIpc) is 3.27. The summed E-state index contributed by atoms with van der Waals surface area (Å²) in [5.41, 5.74) is 5.21. The van der Waals surface area contributed by atoms with Crippen molar-refractivity contribution in [3.63, 3.8) is 0 Å². The molecule has 5 rings (SSSR count). The maximum Gasteiger partial charge on any atom is 0.218 e. The number of hydrogen-bond donors (Lipinski definition) is 0. The molecule has 0 radical (unpaired) electrons. The molecule has 27 heavy (non-hydrogen) atoms. The highest BCUT2D eigenvalue weighted by Gasteiger charge is 2.37. The number of nitriles is 1. The number of hydrogen-bond acceptors (Lipinski definition) is 3. The maximum atomic E-state index is 10.0. The quantitative estimate of drug-likeness (QED) is 0.670. The smallest absolute Gasteiger partial charge is 0.218 e. The minimum absolute atomic E-state index is 0.141. The van der Waals surface area contributed by atoms with Crippen molar-refractivity contribution in [1.82, 2.24) is 9.55 Å². The van der Waals surface area contributed by atoms with E-state index in [1.54, 1.807) is 6.20 Å². The van der Waals surface area contributed by atoms with Gasteiger partial charge < -0.3 is 4.74 Å². The molecule has 0 N–H and O–H groups in total. The normalized spacial score (nSPS) is 18.4. The van der Waals surface area contributed by atoms with Gasteiger partial charge in [0, 0.05) is 30.4 Å². The molecule has 0 saturated heterocycles. The van der Waals surface area contributed by atoms with Crippen LogP contribution in [0.25, 0.3) is 11.6 Å². The van der Waals surface area contributed by atoms with Crippen molar-refractivity contribution < 1.29 is 4.74 Å². The zero-order valence-corrected chi connectivity index (χ0v) is 14.7. The molecule has 0 amide bonds. The lowest BCUT2D eigenvalue weighted by Crippen LogP contribution is -2.21. The number of nitrogens with zero attached hydrogens (tertiary/aromatic N) is 3. The first-order chi connectivity index (χ1) is 13.4. The van der Waals surface area contributed by atoms with Crippen molar-refractivity contribution in [2.45, 2.75) is 18.8 Å². The van der Waals surface area contributed by atoms with Crippen LogP contribution in [0.4, 0.5) is 0 Å². The molecule has 0 spiro atoms. The van der Waals surface area contributed by atoms with Crippen molar-refractivity contribution in [3.05, 3.63) is 101 Å². The Hall–Kier alpha value is -3.58. The second-order valence-electron chi connectivity index (χ2n) is 6.75. The van der Waals surface area contributed by atoms with E-state index in [2.05, 4.69) is 29.3 Å². The second-order valence-corrected chi connectivity index (χ2v) is 6.75. The van der Waals surface area contributed by atoms with Crippen LogP contribution in [0.5, 0.6) is 0 Å². The van der Waals surface area contributed by atoms with E-state index in [0.29, 0.717) is 11.5 Å². The Kier molecular flexibility index (Phi) is 3.65. The number of pyridine rings is 1. The summed E-state index contributed by atoms with van der Waals surface area (Å²) in [7, 11) is 0. The number of aryl methyl sites for hydroxylation is 1. The largest absolute Gasteiger partial charge is 0.439 e. The van der Waals surface area contributed by atoms with Gasteiger partial charge in [-0.05, 0) is 47.7 Å². The summed E-state index contributed by atoms with van der Waals surface area (Å²) in [4.78, 5) is 4.30. The lowest BCUT2D eigenvalue weighted by molar-refractivity contribution is 0.409. The van der Waals surface area contributed by atoms with Crippen LogP contribution in [0, 0.1) is 11.3 Å². The molecule has 0 saturated carbocycles. The fourth-order valence-electron chi connectivity index (χ4n) is 4.05. The first-order valence-electron chi connectivity index (χ1n) is 9.03. The fourth-order valence-corrected chi connectivity index (χ4v) is 4.05. The minimum atomic E-state index is -0.141. The van der Waals surface area contributed by atoms with Crippen molar-refractivity contribution in [2.75, 3.05) is 0 Å². The van der Waals surface area contributed by atoms with E-state index in [4.69, 9.17) is 4.74 Å². The summed E-state index contributed by atoms with van der Waals surface area (Å²) in [5, 5.41) is 10.0. The molecule has 3 aromatic rings. The van der Waals surface area contributed by atoms with E-state index in [0.717, 1.165) is 35.3 Å². The maximum absolute atomic E-state index is 10.0. The van der Waals surface area contributed by atoms with Crippen molar-refractivity contribution in [2.24, 2.45) is 0 Å². The van der Waals surface area contributed by atoms with Gasteiger partial charge in [-0.15, -0.1) is 0 Å². The van der Waals surface area contributed by atoms with Crippen LogP contribution in [-0.4, -0.2) is 9.55 Å². The van der Waals surface area contributed by atoms with Crippen LogP contribution in [0.3, 0.4) is 0 Å². The molecular formula is C23H17N3O.